The minimum atomic E-state index is 0.991. The molecule has 12 aromatic carbocycles. The van der Waals surface area contributed by atoms with Gasteiger partial charge < -0.3 is 9.80 Å². The SMILES string of the molecule is c1ccc(-c2cc3ccccc3cc2-c2c3ccc(N4c5ccccc5CCc5ccccc54)cc3c(-c3ccc4ccccc4c3)c3ccc(N4c5ccccc5CCc5ccccc54)cc23)cc1. The molecule has 0 unspecified atom stereocenters. The zero-order chi connectivity index (χ0) is 46.1. The topological polar surface area (TPSA) is 6.48 Å². The van der Waals surface area contributed by atoms with Crippen LogP contribution in [0.5, 0.6) is 0 Å². The van der Waals surface area contributed by atoms with E-state index in [0.29, 0.717) is 0 Å². The molecule has 0 aliphatic carbocycles. The highest BCUT2D eigenvalue weighted by Gasteiger charge is 2.27. The molecule has 0 aromatic heterocycles. The van der Waals surface area contributed by atoms with E-state index in [2.05, 4.69) is 252 Å². The van der Waals surface area contributed by atoms with Crippen LogP contribution in [0.1, 0.15) is 22.3 Å². The number of hydrogen-bond acceptors (Lipinski definition) is 2. The van der Waals surface area contributed by atoms with Gasteiger partial charge in [0.25, 0.3) is 0 Å². The number of rotatable bonds is 5. The zero-order valence-electron chi connectivity index (χ0n) is 38.8. The van der Waals surface area contributed by atoms with Crippen molar-refractivity contribution in [1.29, 1.82) is 0 Å². The Hall–Kier alpha value is -8.72. The van der Waals surface area contributed by atoms with E-state index >= 15 is 0 Å². The number of para-hydroxylation sites is 4. The smallest absolute Gasteiger partial charge is 0.0493 e. The van der Waals surface area contributed by atoms with Gasteiger partial charge in [-0.2, -0.15) is 0 Å². The molecular formula is C68H48N2. The van der Waals surface area contributed by atoms with Crippen molar-refractivity contribution < 1.29 is 0 Å². The van der Waals surface area contributed by atoms with Crippen LogP contribution in [-0.2, 0) is 25.7 Å². The molecule has 0 saturated heterocycles. The molecule has 0 fully saturated rings. The molecule has 330 valence electrons. The lowest BCUT2D eigenvalue weighted by atomic mass is 9.82. The van der Waals surface area contributed by atoms with Gasteiger partial charge in [0.15, 0.2) is 0 Å². The minimum absolute atomic E-state index is 0.991. The molecule has 0 atom stereocenters. The van der Waals surface area contributed by atoms with E-state index in [1.165, 1.54) is 121 Å². The predicted octanol–water partition coefficient (Wildman–Crippen LogP) is 18.4. The van der Waals surface area contributed by atoms with Gasteiger partial charge in [-0.1, -0.05) is 176 Å². The van der Waals surface area contributed by atoms with Crippen LogP contribution >= 0.6 is 0 Å². The number of fused-ring (bicyclic) bond motifs is 8. The molecule has 2 nitrogen and oxygen atoms in total. The highest BCUT2D eigenvalue weighted by molar-refractivity contribution is 6.24. The molecule has 2 aliphatic rings. The monoisotopic (exact) mass is 892 g/mol. The minimum Gasteiger partial charge on any atom is -0.310 e. The Morgan fingerprint density at radius 2 is 0.643 bits per heavy atom. The Kier molecular flexibility index (Phi) is 9.52. The molecule has 0 N–H and O–H groups in total. The van der Waals surface area contributed by atoms with Gasteiger partial charge in [0, 0.05) is 34.1 Å². The van der Waals surface area contributed by atoms with Crippen molar-refractivity contribution in [1.82, 2.24) is 0 Å². The number of nitrogens with zero attached hydrogens (tertiary/aromatic N) is 2. The molecule has 12 aromatic rings. The summed E-state index contributed by atoms with van der Waals surface area (Å²) in [4.78, 5) is 5.05. The van der Waals surface area contributed by atoms with E-state index in [9.17, 15) is 0 Å². The van der Waals surface area contributed by atoms with Crippen molar-refractivity contribution in [2.75, 3.05) is 9.80 Å². The third-order valence-electron chi connectivity index (χ3n) is 15.1. The van der Waals surface area contributed by atoms with Crippen LogP contribution in [0.4, 0.5) is 34.1 Å². The normalized spacial score (nSPS) is 13.1. The summed E-state index contributed by atoms with van der Waals surface area (Å²) >= 11 is 0. The van der Waals surface area contributed by atoms with Gasteiger partial charge in [-0.15, -0.1) is 0 Å². The van der Waals surface area contributed by atoms with Crippen LogP contribution in [0.15, 0.2) is 243 Å². The second-order valence-corrected chi connectivity index (χ2v) is 19.1. The van der Waals surface area contributed by atoms with Crippen LogP contribution in [-0.4, -0.2) is 0 Å². The van der Waals surface area contributed by atoms with E-state index in [0.717, 1.165) is 37.1 Å². The molecule has 0 bridgehead atoms. The zero-order valence-corrected chi connectivity index (χ0v) is 38.8. The quantitative estimate of drug-likeness (QED) is 0.159. The summed E-state index contributed by atoms with van der Waals surface area (Å²) in [6.45, 7) is 0. The van der Waals surface area contributed by atoms with Crippen molar-refractivity contribution in [3.8, 4) is 33.4 Å². The predicted molar refractivity (Wildman–Crippen MR) is 297 cm³/mol. The van der Waals surface area contributed by atoms with Crippen LogP contribution in [0.25, 0.3) is 76.5 Å². The van der Waals surface area contributed by atoms with Gasteiger partial charge in [0.05, 0.1) is 0 Å². The highest BCUT2D eigenvalue weighted by atomic mass is 15.2. The van der Waals surface area contributed by atoms with E-state index in [-0.39, 0.29) is 0 Å². The van der Waals surface area contributed by atoms with Crippen LogP contribution in [0.2, 0.25) is 0 Å². The third kappa shape index (κ3) is 6.63. The Morgan fingerprint density at radius 3 is 1.16 bits per heavy atom. The summed E-state index contributed by atoms with van der Waals surface area (Å²) in [5.74, 6) is 0. The average Bonchev–Trinajstić information content (AvgIpc) is 3.70. The van der Waals surface area contributed by atoms with Gasteiger partial charge >= 0.3 is 0 Å². The molecule has 70 heavy (non-hydrogen) atoms. The molecule has 2 aliphatic heterocycles. The maximum absolute atomic E-state index is 2.52. The first kappa shape index (κ1) is 40.4. The Balaban J connectivity index is 1.14. The summed E-state index contributed by atoms with van der Waals surface area (Å²) in [5, 5.41) is 9.80. The van der Waals surface area contributed by atoms with Gasteiger partial charge in [0.2, 0.25) is 0 Å². The average molecular weight is 893 g/mol. The standard InChI is InChI=1S/C68H48N2/c1-2-17-46(18-3-1)59-41-52-24-6-7-25-53(52)42-60(59)68-58-39-37-55(69-63-26-12-8-19-47(63)31-32-48-20-9-13-27-64(48)69)43-61(58)67(54-35-30-45-16-4-5-23-51(45)40-54)57-38-36-56(44-62(57)68)70-65-28-14-10-21-49(65)33-34-50-22-11-15-29-66(50)70/h1-30,35-44H,31-34H2. The Morgan fingerprint density at radius 1 is 0.243 bits per heavy atom. The lowest BCUT2D eigenvalue weighted by molar-refractivity contribution is 0.977. The first-order chi connectivity index (χ1) is 34.7. The lowest BCUT2D eigenvalue weighted by Crippen LogP contribution is -2.12. The summed E-state index contributed by atoms with van der Waals surface area (Å²) in [5.41, 5.74) is 20.0. The van der Waals surface area contributed by atoms with Crippen molar-refractivity contribution in [2.45, 2.75) is 25.7 Å². The lowest BCUT2D eigenvalue weighted by Gasteiger charge is -2.29. The van der Waals surface area contributed by atoms with E-state index in [1.54, 1.807) is 0 Å². The summed E-state index contributed by atoms with van der Waals surface area (Å²) < 4.78 is 0. The van der Waals surface area contributed by atoms with Gasteiger partial charge in [-0.25, -0.2) is 0 Å². The van der Waals surface area contributed by atoms with Crippen molar-refractivity contribution in [3.63, 3.8) is 0 Å². The van der Waals surface area contributed by atoms with Crippen LogP contribution in [0, 0.1) is 0 Å². The third-order valence-corrected chi connectivity index (χ3v) is 15.1. The highest BCUT2D eigenvalue weighted by Crippen LogP contribution is 2.52. The van der Waals surface area contributed by atoms with Gasteiger partial charge in [0.1, 0.15) is 0 Å². The number of hydrogen-bond donors (Lipinski definition) is 0. The maximum atomic E-state index is 2.52. The molecule has 0 amide bonds. The second-order valence-electron chi connectivity index (χ2n) is 19.1. The molecule has 0 spiro atoms. The van der Waals surface area contributed by atoms with Crippen molar-refractivity contribution in [2.24, 2.45) is 0 Å². The molecule has 0 saturated carbocycles. The fourth-order valence-electron chi connectivity index (χ4n) is 11.8. The molecule has 0 radical (unpaired) electrons. The number of benzene rings is 12. The maximum Gasteiger partial charge on any atom is 0.0493 e. The first-order valence-corrected chi connectivity index (χ1v) is 24.7. The van der Waals surface area contributed by atoms with Crippen LogP contribution in [0.3, 0.4) is 0 Å². The summed E-state index contributed by atoms with van der Waals surface area (Å²) in [6, 6.07) is 91.2. The number of aryl methyl sites for hydroxylation is 4. The molecule has 14 rings (SSSR count). The second kappa shape index (κ2) is 16.5. The Labute approximate surface area is 409 Å². The van der Waals surface area contributed by atoms with E-state index in [4.69, 9.17) is 0 Å². The van der Waals surface area contributed by atoms with E-state index in [1.807, 2.05) is 0 Å². The molecular weight excluding hydrogens is 845 g/mol. The summed E-state index contributed by atoms with van der Waals surface area (Å²) in [6.07, 6.45) is 3.97. The van der Waals surface area contributed by atoms with E-state index < -0.39 is 0 Å². The van der Waals surface area contributed by atoms with Crippen molar-refractivity contribution >= 4 is 77.2 Å². The van der Waals surface area contributed by atoms with Gasteiger partial charge in [-0.3, -0.25) is 0 Å². The fourth-order valence-corrected chi connectivity index (χ4v) is 11.8. The largest absolute Gasteiger partial charge is 0.310 e. The number of anilines is 6. The summed E-state index contributed by atoms with van der Waals surface area (Å²) in [7, 11) is 0. The Bertz CT molecular complexity index is 3940. The molecule has 2 heteroatoms. The fraction of sp³-hybridized carbons (Fsp3) is 0.0588. The van der Waals surface area contributed by atoms with Crippen LogP contribution < -0.4 is 9.80 Å². The van der Waals surface area contributed by atoms with Crippen molar-refractivity contribution in [3.05, 3.63) is 265 Å². The first-order valence-electron chi connectivity index (χ1n) is 24.7. The van der Waals surface area contributed by atoms with Gasteiger partial charge in [-0.05, 0) is 191 Å². The molecule has 2 heterocycles.